The van der Waals surface area contributed by atoms with Gasteiger partial charge in [-0.1, -0.05) is 48.0 Å². The molecule has 7 nitrogen and oxygen atoms in total. The van der Waals surface area contributed by atoms with E-state index in [1.54, 1.807) is 45.9 Å². The molecule has 2 amide bonds. The summed E-state index contributed by atoms with van der Waals surface area (Å²) < 4.78 is 49.3. The molecule has 0 aliphatic carbocycles. The number of pyridine rings is 1. The van der Waals surface area contributed by atoms with Gasteiger partial charge in [-0.15, -0.1) is 0 Å². The average molecular weight is 563 g/mol. The van der Waals surface area contributed by atoms with Gasteiger partial charge in [0.05, 0.1) is 18.7 Å². The van der Waals surface area contributed by atoms with Crippen molar-refractivity contribution in [3.8, 4) is 0 Å². The summed E-state index contributed by atoms with van der Waals surface area (Å²) in [4.78, 5) is 28.8. The van der Waals surface area contributed by atoms with Crippen molar-refractivity contribution in [1.82, 2.24) is 10.3 Å². The highest BCUT2D eigenvalue weighted by Crippen LogP contribution is 2.31. The molecule has 2 aromatic carbocycles. The van der Waals surface area contributed by atoms with Gasteiger partial charge in [0, 0.05) is 28.4 Å². The Morgan fingerprint density at radius 2 is 1.72 bits per heavy atom. The fourth-order valence-electron chi connectivity index (χ4n) is 3.56. The van der Waals surface area contributed by atoms with Crippen LogP contribution in [0.4, 0.5) is 29.5 Å². The smallest absolute Gasteiger partial charge is 0.413 e. The van der Waals surface area contributed by atoms with Gasteiger partial charge in [-0.3, -0.25) is 10.1 Å². The van der Waals surface area contributed by atoms with Crippen LogP contribution in [0.1, 0.15) is 43.2 Å². The van der Waals surface area contributed by atoms with E-state index in [9.17, 15) is 18.4 Å². The molecule has 0 aliphatic rings. The van der Waals surface area contributed by atoms with Crippen molar-refractivity contribution in [3.05, 3.63) is 87.8 Å². The van der Waals surface area contributed by atoms with Crippen molar-refractivity contribution >= 4 is 35.1 Å². The number of aromatic nitrogens is 1. The van der Waals surface area contributed by atoms with E-state index in [1.165, 1.54) is 36.4 Å². The number of carbonyl (C=O) groups is 2. The van der Waals surface area contributed by atoms with E-state index in [2.05, 4.69) is 20.9 Å². The number of anilines is 2. The molecule has 0 unspecified atom stereocenters. The van der Waals surface area contributed by atoms with Gasteiger partial charge in [0.15, 0.2) is 5.82 Å². The summed E-state index contributed by atoms with van der Waals surface area (Å²) in [6.07, 6.45) is -1.05. The van der Waals surface area contributed by atoms with Crippen LogP contribution >= 0.6 is 11.6 Å². The van der Waals surface area contributed by atoms with Crippen LogP contribution in [0.25, 0.3) is 0 Å². The van der Waals surface area contributed by atoms with Gasteiger partial charge in [0.25, 0.3) is 5.92 Å². The molecule has 11 heteroatoms. The molecular formula is C28H30ClF3N4O3. The maximum absolute atomic E-state index is 15.1. The second kappa shape index (κ2) is 12.4. The van der Waals surface area contributed by atoms with Crippen molar-refractivity contribution in [1.29, 1.82) is 0 Å². The summed E-state index contributed by atoms with van der Waals surface area (Å²) in [7, 11) is 0. The van der Waals surface area contributed by atoms with Crippen molar-refractivity contribution in [3.63, 3.8) is 0 Å². The zero-order chi connectivity index (χ0) is 28.8. The molecule has 0 bridgehead atoms. The molecule has 3 aromatic rings. The van der Waals surface area contributed by atoms with Gasteiger partial charge >= 0.3 is 6.09 Å². The second-order valence-electron chi connectivity index (χ2n) is 9.83. The first kappa shape index (κ1) is 29.8. The number of hydrogen-bond donors (Lipinski definition) is 3. The predicted molar refractivity (Wildman–Crippen MR) is 145 cm³/mol. The zero-order valence-electron chi connectivity index (χ0n) is 22.0. The third-order valence-corrected chi connectivity index (χ3v) is 5.87. The third kappa shape index (κ3) is 8.61. The topological polar surface area (TPSA) is 92.3 Å². The summed E-state index contributed by atoms with van der Waals surface area (Å²) >= 11 is 6.12. The standard InChI is InChI=1S/C28H30ClF3N4O3/c1-17-18(10-13-23(35-17)36-26(38)39-27(2,3)4)15-33-24(37)14-20-21(29)11-12-22(25(20)30)34-16-28(31,32)19-8-6-5-7-9-19/h5-13,34H,14-16H2,1-4H3,(H,33,37)(H,35,36,38). The maximum Gasteiger partial charge on any atom is 0.413 e. The number of carbonyl (C=O) groups excluding carboxylic acids is 2. The number of hydrogen-bond acceptors (Lipinski definition) is 5. The lowest BCUT2D eigenvalue weighted by molar-refractivity contribution is -0.120. The van der Waals surface area contributed by atoms with Gasteiger partial charge < -0.3 is 15.4 Å². The summed E-state index contributed by atoms with van der Waals surface area (Å²) in [5.74, 6) is -4.36. The molecule has 1 heterocycles. The number of aryl methyl sites for hydroxylation is 1. The van der Waals surface area contributed by atoms with Crippen molar-refractivity contribution in [2.24, 2.45) is 0 Å². The summed E-state index contributed by atoms with van der Waals surface area (Å²) in [5, 5.41) is 7.64. The van der Waals surface area contributed by atoms with Gasteiger partial charge in [-0.2, -0.15) is 8.78 Å². The van der Waals surface area contributed by atoms with Crippen LogP contribution < -0.4 is 16.0 Å². The summed E-state index contributed by atoms with van der Waals surface area (Å²) in [6.45, 7) is 6.18. The van der Waals surface area contributed by atoms with Crippen molar-refractivity contribution in [2.75, 3.05) is 17.2 Å². The average Bonchev–Trinajstić information content (AvgIpc) is 2.85. The number of halogens is 4. The quantitative estimate of drug-likeness (QED) is 0.273. The predicted octanol–water partition coefficient (Wildman–Crippen LogP) is 6.59. The first-order valence-electron chi connectivity index (χ1n) is 12.1. The zero-order valence-corrected chi connectivity index (χ0v) is 22.8. The fourth-order valence-corrected chi connectivity index (χ4v) is 3.77. The molecule has 39 heavy (non-hydrogen) atoms. The molecule has 0 radical (unpaired) electrons. The molecular weight excluding hydrogens is 533 g/mol. The normalized spacial score (nSPS) is 11.6. The molecule has 208 valence electrons. The number of nitrogens with one attached hydrogen (secondary N) is 3. The molecule has 1 aromatic heterocycles. The van der Waals surface area contributed by atoms with Crippen LogP contribution in [0, 0.1) is 12.7 Å². The Bertz CT molecular complexity index is 1330. The van der Waals surface area contributed by atoms with E-state index in [4.69, 9.17) is 16.3 Å². The highest BCUT2D eigenvalue weighted by molar-refractivity contribution is 6.31. The van der Waals surface area contributed by atoms with Crippen molar-refractivity contribution in [2.45, 2.75) is 52.2 Å². The lowest BCUT2D eigenvalue weighted by atomic mass is 10.1. The first-order chi connectivity index (χ1) is 18.2. The fraction of sp³-hybridized carbons (Fsp3) is 0.321. The summed E-state index contributed by atoms with van der Waals surface area (Å²) in [6, 6.07) is 13.0. The minimum atomic E-state index is -3.24. The van der Waals surface area contributed by atoms with Crippen LogP contribution in [-0.4, -0.2) is 29.1 Å². The monoisotopic (exact) mass is 562 g/mol. The van der Waals surface area contributed by atoms with E-state index >= 15 is 4.39 Å². The Hall–Kier alpha value is -3.79. The van der Waals surface area contributed by atoms with Crippen molar-refractivity contribution < 1.29 is 27.5 Å². The molecule has 0 atom stereocenters. The molecule has 0 aliphatic heterocycles. The Kier molecular flexibility index (Phi) is 9.45. The van der Waals surface area contributed by atoms with E-state index in [1.807, 2.05) is 0 Å². The lowest BCUT2D eigenvalue weighted by Gasteiger charge is -2.19. The van der Waals surface area contributed by atoms with Crippen LogP contribution in [0.2, 0.25) is 5.02 Å². The Morgan fingerprint density at radius 1 is 1.03 bits per heavy atom. The van der Waals surface area contributed by atoms with Crippen LogP contribution in [0.5, 0.6) is 0 Å². The third-order valence-electron chi connectivity index (χ3n) is 5.52. The largest absolute Gasteiger partial charge is 0.444 e. The second-order valence-corrected chi connectivity index (χ2v) is 10.2. The number of alkyl halides is 2. The van der Waals surface area contributed by atoms with E-state index in [-0.39, 0.29) is 34.2 Å². The van der Waals surface area contributed by atoms with Gasteiger partial charge in [-0.25, -0.2) is 14.2 Å². The van der Waals surface area contributed by atoms with Gasteiger partial charge in [0.1, 0.15) is 11.4 Å². The van der Waals surface area contributed by atoms with Crippen LogP contribution in [0.3, 0.4) is 0 Å². The molecule has 3 N–H and O–H groups in total. The number of benzene rings is 2. The van der Waals surface area contributed by atoms with Crippen LogP contribution in [0.15, 0.2) is 54.6 Å². The minimum Gasteiger partial charge on any atom is -0.444 e. The molecule has 3 rings (SSSR count). The van der Waals surface area contributed by atoms with Gasteiger partial charge in [-0.05, 0) is 51.5 Å². The van der Waals surface area contributed by atoms with E-state index in [0.29, 0.717) is 11.3 Å². The highest BCUT2D eigenvalue weighted by atomic mass is 35.5. The minimum absolute atomic E-state index is 0.00145. The Balaban J connectivity index is 1.60. The van der Waals surface area contributed by atoms with E-state index in [0.717, 1.165) is 0 Å². The maximum atomic E-state index is 15.1. The van der Waals surface area contributed by atoms with E-state index < -0.39 is 42.3 Å². The Labute approximate surface area is 230 Å². The Morgan fingerprint density at radius 3 is 2.36 bits per heavy atom. The lowest BCUT2D eigenvalue weighted by Crippen LogP contribution is -2.28. The van der Waals surface area contributed by atoms with Gasteiger partial charge in [0.2, 0.25) is 5.91 Å². The SMILES string of the molecule is Cc1nc(NC(=O)OC(C)(C)C)ccc1CNC(=O)Cc1c(Cl)ccc(NCC(F)(F)c2ccccc2)c1F. The number of nitrogens with zero attached hydrogens (tertiary/aromatic N) is 1. The van der Waals surface area contributed by atoms with Crippen LogP contribution in [-0.2, 0) is 28.4 Å². The summed E-state index contributed by atoms with van der Waals surface area (Å²) in [5.41, 5.74) is 0.0563. The highest BCUT2D eigenvalue weighted by Gasteiger charge is 2.31. The first-order valence-corrected chi connectivity index (χ1v) is 12.5. The molecule has 0 fully saturated rings. The number of rotatable bonds is 9. The molecule has 0 saturated carbocycles. The number of amides is 2. The molecule has 0 spiro atoms. The molecule has 0 saturated heterocycles. The number of ether oxygens (including phenoxy) is 1.